The summed E-state index contributed by atoms with van der Waals surface area (Å²) in [5.41, 5.74) is 2.89. The molecule has 0 aliphatic heterocycles. The quantitative estimate of drug-likeness (QED) is 0.437. The highest BCUT2D eigenvalue weighted by Crippen LogP contribution is 2.31. The van der Waals surface area contributed by atoms with Crippen molar-refractivity contribution in [2.24, 2.45) is 5.41 Å². The molecule has 3 N–H and O–H groups in total. The number of carbonyl (C=O) groups excluding carboxylic acids is 2. The van der Waals surface area contributed by atoms with Crippen molar-refractivity contribution in [2.45, 2.75) is 39.5 Å². The summed E-state index contributed by atoms with van der Waals surface area (Å²) < 4.78 is 5.29. The van der Waals surface area contributed by atoms with Crippen molar-refractivity contribution in [3.05, 3.63) is 65.9 Å². The van der Waals surface area contributed by atoms with Gasteiger partial charge in [-0.15, -0.1) is 0 Å². The Kier molecular flexibility index (Phi) is 7.57. The molecule has 2 aromatic carbocycles. The minimum atomic E-state index is -0.423. The van der Waals surface area contributed by atoms with Gasteiger partial charge in [0, 0.05) is 47.9 Å². The second-order valence-corrected chi connectivity index (χ2v) is 9.03. The number of methoxy groups -OCH3 is 1. The van der Waals surface area contributed by atoms with E-state index in [1.165, 1.54) is 0 Å². The normalized spacial score (nSPS) is 12.4. The summed E-state index contributed by atoms with van der Waals surface area (Å²) in [5, 5.41) is 7.12. The standard InChI is InChI=1S/C26H33N3O3/c1-26(2,3)25(31)27-15-7-10-24(30)29-16-21(18-11-13-19(32-4)14-12-18)22-17-28-23-9-6-5-8-20(22)23/h5-6,8-9,11-14,17,21,28H,7,10,15-16H2,1-4H3,(H,27,31)(H,29,30). The smallest absolute Gasteiger partial charge is 0.225 e. The number of hydrogen-bond donors (Lipinski definition) is 3. The summed E-state index contributed by atoms with van der Waals surface area (Å²) in [7, 11) is 1.65. The van der Waals surface area contributed by atoms with Crippen LogP contribution in [0.1, 0.15) is 50.7 Å². The van der Waals surface area contributed by atoms with Gasteiger partial charge in [0.15, 0.2) is 0 Å². The van der Waals surface area contributed by atoms with E-state index >= 15 is 0 Å². The third-order valence-electron chi connectivity index (χ3n) is 5.57. The SMILES string of the molecule is COc1ccc(C(CNC(=O)CCCNC(=O)C(C)(C)C)c2c[nH]c3ccccc23)cc1. The summed E-state index contributed by atoms with van der Waals surface area (Å²) in [6.45, 7) is 6.60. The zero-order valence-corrected chi connectivity index (χ0v) is 19.3. The van der Waals surface area contributed by atoms with Gasteiger partial charge in [0.2, 0.25) is 11.8 Å². The topological polar surface area (TPSA) is 83.2 Å². The number of rotatable bonds is 9. The Labute approximate surface area is 189 Å². The van der Waals surface area contributed by atoms with Gasteiger partial charge in [-0.1, -0.05) is 51.1 Å². The van der Waals surface area contributed by atoms with Crippen LogP contribution in [0, 0.1) is 5.41 Å². The lowest BCUT2D eigenvalue weighted by Crippen LogP contribution is -2.36. The molecule has 170 valence electrons. The maximum Gasteiger partial charge on any atom is 0.225 e. The van der Waals surface area contributed by atoms with Crippen LogP contribution in [0.25, 0.3) is 10.9 Å². The summed E-state index contributed by atoms with van der Waals surface area (Å²) in [5.74, 6) is 0.777. The van der Waals surface area contributed by atoms with Crippen LogP contribution in [-0.4, -0.2) is 37.0 Å². The van der Waals surface area contributed by atoms with E-state index in [1.54, 1.807) is 7.11 Å². The van der Waals surface area contributed by atoms with Gasteiger partial charge < -0.3 is 20.4 Å². The van der Waals surface area contributed by atoms with Gasteiger partial charge in [-0.2, -0.15) is 0 Å². The first kappa shape index (κ1) is 23.4. The van der Waals surface area contributed by atoms with Crippen molar-refractivity contribution in [1.29, 1.82) is 0 Å². The first-order valence-corrected chi connectivity index (χ1v) is 11.0. The molecule has 0 saturated heterocycles. The van der Waals surface area contributed by atoms with E-state index in [9.17, 15) is 9.59 Å². The number of H-pyrrole nitrogens is 1. The second-order valence-electron chi connectivity index (χ2n) is 9.03. The van der Waals surface area contributed by atoms with E-state index < -0.39 is 5.41 Å². The summed E-state index contributed by atoms with van der Waals surface area (Å²) in [6, 6.07) is 16.1. The highest BCUT2D eigenvalue weighted by atomic mass is 16.5. The molecule has 1 heterocycles. The maximum atomic E-state index is 12.5. The number of aromatic nitrogens is 1. The molecular weight excluding hydrogens is 402 g/mol. The number of fused-ring (bicyclic) bond motifs is 1. The summed E-state index contributed by atoms with van der Waals surface area (Å²) >= 11 is 0. The Bertz CT molecular complexity index is 1050. The fraction of sp³-hybridized carbons (Fsp3) is 0.385. The minimum Gasteiger partial charge on any atom is -0.497 e. The molecule has 0 aliphatic carbocycles. The fourth-order valence-electron chi connectivity index (χ4n) is 3.65. The number of carbonyl (C=O) groups is 2. The third kappa shape index (κ3) is 5.90. The van der Waals surface area contributed by atoms with Gasteiger partial charge in [0.1, 0.15) is 5.75 Å². The Morgan fingerprint density at radius 1 is 1.03 bits per heavy atom. The number of benzene rings is 2. The molecule has 3 rings (SSSR count). The molecule has 1 atom stereocenters. The van der Waals surface area contributed by atoms with Crippen LogP contribution in [0.3, 0.4) is 0 Å². The monoisotopic (exact) mass is 435 g/mol. The molecule has 0 radical (unpaired) electrons. The largest absolute Gasteiger partial charge is 0.497 e. The van der Waals surface area contributed by atoms with E-state index in [1.807, 2.05) is 69.4 Å². The van der Waals surface area contributed by atoms with Gasteiger partial charge in [-0.25, -0.2) is 0 Å². The van der Waals surface area contributed by atoms with Crippen LogP contribution < -0.4 is 15.4 Å². The lowest BCUT2D eigenvalue weighted by Gasteiger charge is -2.19. The number of nitrogens with one attached hydrogen (secondary N) is 3. The van der Waals surface area contributed by atoms with Crippen molar-refractivity contribution >= 4 is 22.7 Å². The molecule has 1 unspecified atom stereocenters. The lowest BCUT2D eigenvalue weighted by atomic mass is 9.90. The molecule has 0 bridgehead atoms. The van der Waals surface area contributed by atoms with Crippen LogP contribution in [0.4, 0.5) is 0 Å². The number of ether oxygens (including phenoxy) is 1. The lowest BCUT2D eigenvalue weighted by molar-refractivity contribution is -0.128. The molecular formula is C26H33N3O3. The molecule has 2 amide bonds. The van der Waals surface area contributed by atoms with Crippen LogP contribution in [0.15, 0.2) is 54.7 Å². The van der Waals surface area contributed by atoms with Crippen molar-refractivity contribution in [3.63, 3.8) is 0 Å². The Morgan fingerprint density at radius 2 is 1.75 bits per heavy atom. The van der Waals surface area contributed by atoms with E-state index in [4.69, 9.17) is 4.74 Å². The zero-order valence-electron chi connectivity index (χ0n) is 19.3. The van der Waals surface area contributed by atoms with Crippen LogP contribution in [0.2, 0.25) is 0 Å². The Balaban J connectivity index is 1.65. The maximum absolute atomic E-state index is 12.5. The van der Waals surface area contributed by atoms with E-state index in [2.05, 4.69) is 21.7 Å². The molecule has 6 nitrogen and oxygen atoms in total. The molecule has 6 heteroatoms. The first-order valence-electron chi connectivity index (χ1n) is 11.0. The van der Waals surface area contributed by atoms with Crippen molar-refractivity contribution in [2.75, 3.05) is 20.2 Å². The number of para-hydroxylation sites is 1. The molecule has 32 heavy (non-hydrogen) atoms. The minimum absolute atomic E-state index is 0.00148. The average Bonchev–Trinajstić information content (AvgIpc) is 3.20. The van der Waals surface area contributed by atoms with Crippen molar-refractivity contribution in [1.82, 2.24) is 15.6 Å². The van der Waals surface area contributed by atoms with Crippen molar-refractivity contribution < 1.29 is 14.3 Å². The van der Waals surface area contributed by atoms with Gasteiger partial charge >= 0.3 is 0 Å². The van der Waals surface area contributed by atoms with E-state index in [0.29, 0.717) is 25.9 Å². The van der Waals surface area contributed by atoms with Gasteiger partial charge in [0.05, 0.1) is 7.11 Å². The van der Waals surface area contributed by atoms with Crippen LogP contribution >= 0.6 is 0 Å². The second kappa shape index (κ2) is 10.4. The molecule has 0 aliphatic rings. The predicted molar refractivity (Wildman–Crippen MR) is 128 cm³/mol. The fourth-order valence-corrected chi connectivity index (χ4v) is 3.65. The highest BCUT2D eigenvalue weighted by molar-refractivity contribution is 5.84. The summed E-state index contributed by atoms with van der Waals surface area (Å²) in [6.07, 6.45) is 3.00. The van der Waals surface area contributed by atoms with E-state index in [0.717, 1.165) is 27.8 Å². The third-order valence-corrected chi connectivity index (χ3v) is 5.57. The number of aromatic amines is 1. The van der Waals surface area contributed by atoms with E-state index in [-0.39, 0.29) is 17.7 Å². The predicted octanol–water partition coefficient (Wildman–Crippen LogP) is 4.37. The number of hydrogen-bond acceptors (Lipinski definition) is 3. The van der Waals surface area contributed by atoms with Crippen LogP contribution in [-0.2, 0) is 9.59 Å². The first-order chi connectivity index (χ1) is 15.3. The zero-order chi connectivity index (χ0) is 23.1. The Morgan fingerprint density at radius 3 is 2.44 bits per heavy atom. The van der Waals surface area contributed by atoms with Crippen LogP contribution in [0.5, 0.6) is 5.75 Å². The summed E-state index contributed by atoms with van der Waals surface area (Å²) in [4.78, 5) is 27.8. The van der Waals surface area contributed by atoms with Gasteiger partial charge in [0.25, 0.3) is 0 Å². The Hall–Kier alpha value is -3.28. The molecule has 0 saturated carbocycles. The molecule has 3 aromatic rings. The molecule has 0 spiro atoms. The van der Waals surface area contributed by atoms with Gasteiger partial charge in [-0.3, -0.25) is 9.59 Å². The van der Waals surface area contributed by atoms with Crippen molar-refractivity contribution in [3.8, 4) is 5.75 Å². The van der Waals surface area contributed by atoms with Gasteiger partial charge in [-0.05, 0) is 35.7 Å². The average molecular weight is 436 g/mol. The number of amides is 2. The molecule has 0 fully saturated rings. The highest BCUT2D eigenvalue weighted by Gasteiger charge is 2.21. The molecule has 1 aromatic heterocycles.